The lowest BCUT2D eigenvalue weighted by Gasteiger charge is -2.09. The summed E-state index contributed by atoms with van der Waals surface area (Å²) in [6, 6.07) is 16.5. The Morgan fingerprint density at radius 1 is 1.03 bits per heavy atom. The number of hydrogen-bond donors (Lipinski definition) is 1. The first kappa shape index (κ1) is 19.8. The molecule has 8 heteroatoms. The Morgan fingerprint density at radius 2 is 1.83 bits per heavy atom. The predicted molar refractivity (Wildman–Crippen MR) is 120 cm³/mol. The molecule has 0 atom stereocenters. The fraction of sp³-hybridized carbons (Fsp3) is 0.182. The molecule has 0 bridgehead atoms. The lowest BCUT2D eigenvalue weighted by Crippen LogP contribution is -2.06. The smallest absolute Gasteiger partial charge is 0.205 e. The number of nitrogens with zero attached hydrogens (tertiary/aromatic N) is 6. The maximum absolute atomic E-state index is 4.96. The summed E-state index contributed by atoms with van der Waals surface area (Å²) in [5.74, 6) is 2.28. The Labute approximate surface area is 179 Å². The Kier molecular flexibility index (Phi) is 6.14. The third kappa shape index (κ3) is 4.38. The van der Waals surface area contributed by atoms with Crippen molar-refractivity contribution in [1.29, 1.82) is 0 Å². The van der Waals surface area contributed by atoms with Gasteiger partial charge in [-0.15, -0.1) is 10.2 Å². The summed E-state index contributed by atoms with van der Waals surface area (Å²) in [6.07, 6.45) is 5.45. The lowest BCUT2D eigenvalue weighted by atomic mass is 9.98. The highest BCUT2D eigenvalue weighted by Crippen LogP contribution is 2.29. The molecule has 2 heterocycles. The van der Waals surface area contributed by atoms with E-state index in [1.54, 1.807) is 5.37 Å². The minimum absolute atomic E-state index is 0.581. The molecule has 0 spiro atoms. The van der Waals surface area contributed by atoms with Crippen molar-refractivity contribution >= 4 is 17.6 Å². The molecule has 0 saturated heterocycles. The van der Waals surface area contributed by atoms with Crippen molar-refractivity contribution in [1.82, 2.24) is 35.4 Å². The molecule has 2 aromatic heterocycles. The van der Waals surface area contributed by atoms with E-state index >= 15 is 0 Å². The molecular formula is C22H21N7S. The molecule has 0 fully saturated rings. The number of H-pyrrole nitrogens is 1. The van der Waals surface area contributed by atoms with Crippen LogP contribution in [0.4, 0.5) is 0 Å². The minimum atomic E-state index is 0.581. The second-order valence-electron chi connectivity index (χ2n) is 6.72. The SMILES string of the molecule is CC=CCc1nc(CC=S)nn1Cc1ccc(-c2ccccc2-c2nn[nH]n2)cc1. The Balaban J connectivity index is 1.59. The van der Waals surface area contributed by atoms with Gasteiger partial charge >= 0.3 is 0 Å². The molecule has 0 saturated carbocycles. The monoisotopic (exact) mass is 415 g/mol. The van der Waals surface area contributed by atoms with Crippen molar-refractivity contribution < 1.29 is 0 Å². The van der Waals surface area contributed by atoms with Crippen molar-refractivity contribution in [3.8, 4) is 22.5 Å². The number of tetrazole rings is 1. The molecule has 0 aliphatic heterocycles. The molecule has 0 unspecified atom stereocenters. The van der Waals surface area contributed by atoms with Gasteiger partial charge in [-0.3, -0.25) is 0 Å². The molecule has 1 N–H and O–H groups in total. The average molecular weight is 416 g/mol. The number of allylic oxidation sites excluding steroid dienone is 2. The highest BCUT2D eigenvalue weighted by atomic mass is 32.1. The fourth-order valence-corrected chi connectivity index (χ4v) is 3.41. The molecule has 4 aromatic rings. The van der Waals surface area contributed by atoms with E-state index in [2.05, 4.69) is 67.1 Å². The highest BCUT2D eigenvalue weighted by molar-refractivity contribution is 7.78. The zero-order chi connectivity index (χ0) is 20.8. The molecule has 0 aliphatic carbocycles. The van der Waals surface area contributed by atoms with Crippen LogP contribution in [0.15, 0.2) is 60.7 Å². The summed E-state index contributed by atoms with van der Waals surface area (Å²) < 4.78 is 1.95. The van der Waals surface area contributed by atoms with Crippen molar-refractivity contribution in [2.75, 3.05) is 0 Å². The molecule has 0 radical (unpaired) electrons. The van der Waals surface area contributed by atoms with Gasteiger partial charge in [0.05, 0.1) is 6.54 Å². The van der Waals surface area contributed by atoms with E-state index in [1.807, 2.05) is 35.9 Å². The van der Waals surface area contributed by atoms with Crippen LogP contribution in [-0.4, -0.2) is 40.8 Å². The number of thiocarbonyl (C=S) groups is 1. The quantitative estimate of drug-likeness (QED) is 0.348. The molecule has 0 amide bonds. The van der Waals surface area contributed by atoms with Crippen LogP contribution in [0.25, 0.3) is 22.5 Å². The van der Waals surface area contributed by atoms with Crippen molar-refractivity contribution in [3.05, 3.63) is 77.9 Å². The summed E-state index contributed by atoms with van der Waals surface area (Å²) >= 11 is 4.96. The van der Waals surface area contributed by atoms with Gasteiger partial charge in [0.15, 0.2) is 5.82 Å². The van der Waals surface area contributed by atoms with Gasteiger partial charge in [0.25, 0.3) is 0 Å². The van der Waals surface area contributed by atoms with Crippen LogP contribution in [0.2, 0.25) is 0 Å². The Morgan fingerprint density at radius 3 is 2.53 bits per heavy atom. The standard InChI is InChI=1S/C22H21N7S/c1-2-3-8-21-23-20(13-14-30)26-29(21)15-16-9-11-17(12-10-16)18-6-4-5-7-19(18)22-24-27-28-25-22/h2-7,9-12,14H,8,13,15H2,1H3,(H,24,25,27,28). The van der Waals surface area contributed by atoms with Crippen molar-refractivity contribution in [3.63, 3.8) is 0 Å². The highest BCUT2D eigenvalue weighted by Gasteiger charge is 2.12. The largest absolute Gasteiger partial charge is 0.245 e. The van der Waals surface area contributed by atoms with Gasteiger partial charge < -0.3 is 0 Å². The van der Waals surface area contributed by atoms with Crippen LogP contribution < -0.4 is 0 Å². The predicted octanol–water partition coefficient (Wildman–Crippen LogP) is 3.83. The molecule has 150 valence electrons. The topological polar surface area (TPSA) is 85.2 Å². The normalized spacial score (nSPS) is 11.2. The van der Waals surface area contributed by atoms with Gasteiger partial charge in [0.1, 0.15) is 5.82 Å². The minimum Gasteiger partial charge on any atom is -0.245 e. The Bertz CT molecular complexity index is 1140. The number of hydrogen-bond acceptors (Lipinski definition) is 6. The van der Waals surface area contributed by atoms with Crippen LogP contribution in [0.1, 0.15) is 24.1 Å². The summed E-state index contributed by atoms with van der Waals surface area (Å²) in [7, 11) is 0. The first-order valence-corrected chi connectivity index (χ1v) is 10.1. The van der Waals surface area contributed by atoms with E-state index in [-0.39, 0.29) is 0 Å². The molecule has 4 rings (SSSR count). The van der Waals surface area contributed by atoms with Crippen molar-refractivity contribution in [2.45, 2.75) is 26.3 Å². The second-order valence-corrected chi connectivity index (χ2v) is 7.06. The van der Waals surface area contributed by atoms with Gasteiger partial charge in [-0.05, 0) is 34.2 Å². The summed E-state index contributed by atoms with van der Waals surface area (Å²) in [5.41, 5.74) is 4.24. The van der Waals surface area contributed by atoms with E-state index < -0.39 is 0 Å². The van der Waals surface area contributed by atoms with Gasteiger partial charge in [-0.25, -0.2) is 9.67 Å². The number of benzene rings is 2. The average Bonchev–Trinajstić information content (AvgIpc) is 3.44. The van der Waals surface area contributed by atoms with E-state index in [0.717, 1.165) is 40.3 Å². The molecule has 7 nitrogen and oxygen atoms in total. The van der Waals surface area contributed by atoms with Crippen LogP contribution in [0.3, 0.4) is 0 Å². The van der Waals surface area contributed by atoms with Crippen LogP contribution >= 0.6 is 12.2 Å². The number of aromatic amines is 1. The molecular weight excluding hydrogens is 394 g/mol. The van der Waals surface area contributed by atoms with E-state index in [0.29, 0.717) is 18.8 Å². The van der Waals surface area contributed by atoms with Gasteiger partial charge in [0.2, 0.25) is 5.82 Å². The van der Waals surface area contributed by atoms with Gasteiger partial charge in [0, 0.05) is 18.4 Å². The lowest BCUT2D eigenvalue weighted by molar-refractivity contribution is 0.645. The fourth-order valence-electron chi connectivity index (χ4n) is 3.26. The van der Waals surface area contributed by atoms with Crippen LogP contribution in [-0.2, 0) is 19.4 Å². The maximum Gasteiger partial charge on any atom is 0.205 e. The number of nitrogens with one attached hydrogen (secondary N) is 1. The maximum atomic E-state index is 4.96. The van der Waals surface area contributed by atoms with Crippen LogP contribution in [0.5, 0.6) is 0 Å². The van der Waals surface area contributed by atoms with Gasteiger partial charge in [-0.2, -0.15) is 10.3 Å². The summed E-state index contributed by atoms with van der Waals surface area (Å²) in [5, 5.41) is 20.7. The number of rotatable bonds is 8. The summed E-state index contributed by atoms with van der Waals surface area (Å²) in [4.78, 5) is 4.62. The molecule has 2 aromatic carbocycles. The third-order valence-electron chi connectivity index (χ3n) is 4.70. The first-order valence-electron chi connectivity index (χ1n) is 9.68. The Hall–Kier alpha value is -3.52. The first-order chi connectivity index (χ1) is 14.8. The van der Waals surface area contributed by atoms with Crippen molar-refractivity contribution in [2.24, 2.45) is 0 Å². The number of aromatic nitrogens is 7. The van der Waals surface area contributed by atoms with E-state index in [9.17, 15) is 0 Å². The summed E-state index contributed by atoms with van der Waals surface area (Å²) in [6.45, 7) is 2.66. The third-order valence-corrected chi connectivity index (χ3v) is 4.87. The second kappa shape index (κ2) is 9.32. The van der Waals surface area contributed by atoms with Crippen LogP contribution in [0, 0.1) is 0 Å². The zero-order valence-electron chi connectivity index (χ0n) is 16.6. The van der Waals surface area contributed by atoms with E-state index in [4.69, 9.17) is 12.2 Å². The van der Waals surface area contributed by atoms with E-state index in [1.165, 1.54) is 0 Å². The molecule has 30 heavy (non-hydrogen) atoms. The van der Waals surface area contributed by atoms with Gasteiger partial charge in [-0.1, -0.05) is 72.9 Å². The zero-order valence-corrected chi connectivity index (χ0v) is 17.4. The molecule has 0 aliphatic rings.